The number of hydrogen-bond donors (Lipinski definition) is 1. The summed E-state index contributed by atoms with van der Waals surface area (Å²) in [6.07, 6.45) is 2.22. The molecule has 3 nitrogen and oxygen atoms in total. The van der Waals surface area contributed by atoms with Gasteiger partial charge in [0.05, 0.1) is 4.88 Å². The molecule has 2 aromatic rings. The predicted octanol–water partition coefficient (Wildman–Crippen LogP) is 4.14. The fraction of sp³-hybridized carbons (Fsp3) is 0.389. The minimum atomic E-state index is 0.0429. The molecule has 1 amide bonds. The summed E-state index contributed by atoms with van der Waals surface area (Å²) < 4.78 is 5.95. The topological polar surface area (TPSA) is 38.3 Å². The van der Waals surface area contributed by atoms with Crippen LogP contribution >= 0.6 is 11.3 Å². The van der Waals surface area contributed by atoms with E-state index in [1.165, 1.54) is 28.0 Å². The third-order valence-electron chi connectivity index (χ3n) is 3.95. The lowest BCUT2D eigenvalue weighted by atomic mass is 10.1. The summed E-state index contributed by atoms with van der Waals surface area (Å²) in [5.41, 5.74) is 4.66. The van der Waals surface area contributed by atoms with Crippen LogP contribution in [0.5, 0.6) is 5.75 Å². The van der Waals surface area contributed by atoms with E-state index >= 15 is 0 Å². The van der Waals surface area contributed by atoms with Gasteiger partial charge in [-0.05, 0) is 67.8 Å². The van der Waals surface area contributed by atoms with Crippen LogP contribution in [0.15, 0.2) is 23.6 Å². The van der Waals surface area contributed by atoms with Crippen molar-refractivity contribution < 1.29 is 9.53 Å². The van der Waals surface area contributed by atoms with E-state index in [4.69, 9.17) is 4.74 Å². The summed E-state index contributed by atoms with van der Waals surface area (Å²) in [6.45, 7) is 6.74. The largest absolute Gasteiger partial charge is 0.489 e. The van der Waals surface area contributed by atoms with Gasteiger partial charge in [-0.2, -0.15) is 0 Å². The SMILES string of the molecule is Cc1cc(C)c(C)c(OCc2csc(C(=O)NC3CC3)c2)c1. The summed E-state index contributed by atoms with van der Waals surface area (Å²) in [4.78, 5) is 12.8. The Labute approximate surface area is 135 Å². The van der Waals surface area contributed by atoms with Crippen molar-refractivity contribution in [1.82, 2.24) is 5.32 Å². The maximum absolute atomic E-state index is 12.0. The molecule has 1 heterocycles. The van der Waals surface area contributed by atoms with Gasteiger partial charge in [0.25, 0.3) is 5.91 Å². The van der Waals surface area contributed by atoms with E-state index in [1.807, 2.05) is 11.4 Å². The standard InChI is InChI=1S/C18H21NO2S/c1-11-6-12(2)13(3)16(7-11)21-9-14-8-17(22-10-14)18(20)19-15-4-5-15/h6-8,10,15H,4-5,9H2,1-3H3,(H,19,20). The zero-order valence-electron chi connectivity index (χ0n) is 13.2. The molecule has 1 aliphatic rings. The van der Waals surface area contributed by atoms with Crippen LogP contribution in [-0.2, 0) is 6.61 Å². The van der Waals surface area contributed by atoms with Crippen LogP contribution in [0.3, 0.4) is 0 Å². The van der Waals surface area contributed by atoms with Crippen LogP contribution in [0.2, 0.25) is 0 Å². The van der Waals surface area contributed by atoms with Gasteiger partial charge in [0.1, 0.15) is 12.4 Å². The number of thiophene rings is 1. The van der Waals surface area contributed by atoms with Gasteiger partial charge in [0, 0.05) is 11.6 Å². The summed E-state index contributed by atoms with van der Waals surface area (Å²) >= 11 is 1.48. The van der Waals surface area contributed by atoms with Gasteiger partial charge in [0.15, 0.2) is 0 Å². The minimum Gasteiger partial charge on any atom is -0.489 e. The first kappa shape index (κ1) is 15.1. The van der Waals surface area contributed by atoms with Gasteiger partial charge in [0.2, 0.25) is 0 Å². The van der Waals surface area contributed by atoms with Crippen LogP contribution < -0.4 is 10.1 Å². The average molecular weight is 315 g/mol. The van der Waals surface area contributed by atoms with Crippen molar-refractivity contribution in [3.63, 3.8) is 0 Å². The van der Waals surface area contributed by atoms with E-state index in [9.17, 15) is 4.79 Å². The summed E-state index contributed by atoms with van der Waals surface area (Å²) in [5.74, 6) is 0.967. The first-order valence-electron chi connectivity index (χ1n) is 7.62. The van der Waals surface area contributed by atoms with Gasteiger partial charge in [-0.1, -0.05) is 6.07 Å². The Kier molecular flexibility index (Phi) is 4.21. The zero-order valence-corrected chi connectivity index (χ0v) is 14.0. The summed E-state index contributed by atoms with van der Waals surface area (Å²) in [5, 5.41) is 5.01. The summed E-state index contributed by atoms with van der Waals surface area (Å²) in [7, 11) is 0. The number of aryl methyl sites for hydroxylation is 2. The molecule has 0 saturated heterocycles. The van der Waals surface area contributed by atoms with Crippen molar-refractivity contribution in [2.75, 3.05) is 0 Å². The lowest BCUT2D eigenvalue weighted by Crippen LogP contribution is -2.24. The number of nitrogens with one attached hydrogen (secondary N) is 1. The monoisotopic (exact) mass is 315 g/mol. The van der Waals surface area contributed by atoms with Gasteiger partial charge in [-0.15, -0.1) is 11.3 Å². The van der Waals surface area contributed by atoms with Crippen LogP contribution in [0, 0.1) is 20.8 Å². The molecular formula is C18H21NO2S. The number of amides is 1. The zero-order chi connectivity index (χ0) is 15.7. The average Bonchev–Trinajstić information content (AvgIpc) is 3.15. The minimum absolute atomic E-state index is 0.0429. The van der Waals surface area contributed by atoms with Gasteiger partial charge in [-0.25, -0.2) is 0 Å². The van der Waals surface area contributed by atoms with Gasteiger partial charge < -0.3 is 10.1 Å². The molecule has 0 unspecified atom stereocenters. The fourth-order valence-electron chi connectivity index (χ4n) is 2.37. The molecule has 1 aliphatic carbocycles. The van der Waals surface area contributed by atoms with E-state index in [0.717, 1.165) is 29.0 Å². The van der Waals surface area contributed by atoms with E-state index < -0.39 is 0 Å². The molecule has 0 bridgehead atoms. The summed E-state index contributed by atoms with van der Waals surface area (Å²) in [6, 6.07) is 6.55. The second-order valence-corrected chi connectivity index (χ2v) is 6.97. The fourth-order valence-corrected chi connectivity index (χ4v) is 3.17. The van der Waals surface area contributed by atoms with Crippen molar-refractivity contribution in [3.8, 4) is 5.75 Å². The normalized spacial score (nSPS) is 14.0. The quantitative estimate of drug-likeness (QED) is 0.900. The molecule has 1 saturated carbocycles. The second-order valence-electron chi connectivity index (χ2n) is 6.06. The molecule has 1 N–H and O–H groups in total. The Hall–Kier alpha value is -1.81. The Morgan fingerprint density at radius 3 is 2.77 bits per heavy atom. The van der Waals surface area contributed by atoms with E-state index in [2.05, 4.69) is 38.2 Å². The van der Waals surface area contributed by atoms with Gasteiger partial charge in [-0.3, -0.25) is 4.79 Å². The molecule has 0 spiro atoms. The number of carbonyl (C=O) groups excluding carboxylic acids is 1. The smallest absolute Gasteiger partial charge is 0.261 e. The molecule has 4 heteroatoms. The lowest BCUT2D eigenvalue weighted by Gasteiger charge is -2.11. The van der Waals surface area contributed by atoms with E-state index in [-0.39, 0.29) is 5.91 Å². The van der Waals surface area contributed by atoms with Gasteiger partial charge >= 0.3 is 0 Å². The molecule has 0 atom stereocenters. The molecule has 1 aromatic carbocycles. The van der Waals surface area contributed by atoms with Crippen LogP contribution in [0.4, 0.5) is 0 Å². The number of carbonyl (C=O) groups is 1. The van der Waals surface area contributed by atoms with Crippen LogP contribution in [0.1, 0.15) is 44.8 Å². The Morgan fingerprint density at radius 2 is 2.05 bits per heavy atom. The highest BCUT2D eigenvalue weighted by Crippen LogP contribution is 2.25. The molecule has 0 radical (unpaired) electrons. The number of ether oxygens (including phenoxy) is 1. The van der Waals surface area contributed by atoms with Crippen molar-refractivity contribution >= 4 is 17.2 Å². The van der Waals surface area contributed by atoms with Crippen LogP contribution in [0.25, 0.3) is 0 Å². The maximum atomic E-state index is 12.0. The third-order valence-corrected chi connectivity index (χ3v) is 4.93. The Balaban J connectivity index is 1.64. The molecule has 1 fully saturated rings. The first-order valence-corrected chi connectivity index (χ1v) is 8.50. The third kappa shape index (κ3) is 3.50. The number of rotatable bonds is 5. The Bertz CT molecular complexity index is 701. The molecule has 3 rings (SSSR count). The maximum Gasteiger partial charge on any atom is 0.261 e. The highest BCUT2D eigenvalue weighted by atomic mass is 32.1. The molecular weight excluding hydrogens is 294 g/mol. The molecule has 1 aromatic heterocycles. The number of hydrogen-bond acceptors (Lipinski definition) is 3. The highest BCUT2D eigenvalue weighted by molar-refractivity contribution is 7.12. The van der Waals surface area contributed by atoms with Crippen LogP contribution in [-0.4, -0.2) is 11.9 Å². The second kappa shape index (κ2) is 6.13. The molecule has 22 heavy (non-hydrogen) atoms. The van der Waals surface area contributed by atoms with Crippen molar-refractivity contribution in [3.05, 3.63) is 50.7 Å². The Morgan fingerprint density at radius 1 is 1.27 bits per heavy atom. The number of benzene rings is 1. The molecule has 116 valence electrons. The van der Waals surface area contributed by atoms with Crippen molar-refractivity contribution in [1.29, 1.82) is 0 Å². The van der Waals surface area contributed by atoms with Crippen molar-refractivity contribution in [2.24, 2.45) is 0 Å². The predicted molar refractivity (Wildman–Crippen MR) is 89.8 cm³/mol. The lowest BCUT2D eigenvalue weighted by molar-refractivity contribution is 0.0955. The molecule has 0 aliphatic heterocycles. The van der Waals surface area contributed by atoms with E-state index in [0.29, 0.717) is 12.6 Å². The first-order chi connectivity index (χ1) is 10.5. The van der Waals surface area contributed by atoms with Crippen molar-refractivity contribution in [2.45, 2.75) is 46.3 Å². The van der Waals surface area contributed by atoms with E-state index in [1.54, 1.807) is 0 Å². The highest BCUT2D eigenvalue weighted by Gasteiger charge is 2.24.